The zero-order valence-corrected chi connectivity index (χ0v) is 11.1. The molecule has 2 rings (SSSR count). The maximum absolute atomic E-state index is 5.69. The van der Waals surface area contributed by atoms with E-state index >= 15 is 0 Å². The molecule has 1 fully saturated rings. The smallest absolute Gasteiger partial charge is 0.322 e. The van der Waals surface area contributed by atoms with E-state index in [4.69, 9.17) is 10.5 Å². The summed E-state index contributed by atoms with van der Waals surface area (Å²) in [7, 11) is 1.54. The number of ether oxygens (including phenoxy) is 1. The number of aromatic nitrogens is 3. The summed E-state index contributed by atoms with van der Waals surface area (Å²) >= 11 is 0. The molecule has 0 aliphatic heterocycles. The largest absolute Gasteiger partial charge is 0.467 e. The summed E-state index contributed by atoms with van der Waals surface area (Å²) in [5.74, 6) is 0.847. The first-order chi connectivity index (χ1) is 8.74. The molecular weight excluding hydrogens is 230 g/mol. The Morgan fingerprint density at radius 2 is 1.94 bits per heavy atom. The van der Waals surface area contributed by atoms with E-state index in [1.807, 2.05) is 0 Å². The fourth-order valence-electron chi connectivity index (χ4n) is 2.54. The predicted molar refractivity (Wildman–Crippen MR) is 70.7 cm³/mol. The van der Waals surface area contributed by atoms with Crippen molar-refractivity contribution in [2.24, 2.45) is 0 Å². The fraction of sp³-hybridized carbons (Fsp3) is 0.750. The highest BCUT2D eigenvalue weighted by Gasteiger charge is 2.23. The first-order valence-electron chi connectivity index (χ1n) is 6.56. The van der Waals surface area contributed by atoms with Gasteiger partial charge in [-0.15, -0.1) is 0 Å². The van der Waals surface area contributed by atoms with Crippen molar-refractivity contribution in [1.82, 2.24) is 15.0 Å². The van der Waals surface area contributed by atoms with Crippen LogP contribution in [0.5, 0.6) is 6.01 Å². The van der Waals surface area contributed by atoms with E-state index in [1.54, 1.807) is 0 Å². The molecule has 0 radical (unpaired) electrons. The number of anilines is 2. The molecule has 1 aliphatic rings. The molecule has 2 N–H and O–H groups in total. The average Bonchev–Trinajstić information content (AvgIpc) is 2.40. The third-order valence-electron chi connectivity index (χ3n) is 3.42. The molecule has 100 valence electrons. The number of methoxy groups -OCH3 is 1. The zero-order valence-electron chi connectivity index (χ0n) is 11.1. The molecule has 1 heterocycles. The molecular formula is C12H21N5O. The van der Waals surface area contributed by atoms with E-state index in [1.165, 1.54) is 39.2 Å². The molecule has 0 atom stereocenters. The van der Waals surface area contributed by atoms with Gasteiger partial charge in [-0.05, 0) is 19.8 Å². The first kappa shape index (κ1) is 12.9. The number of nitrogens with two attached hydrogens (primary N) is 1. The minimum absolute atomic E-state index is 0.214. The Morgan fingerprint density at radius 3 is 2.56 bits per heavy atom. The van der Waals surface area contributed by atoms with Gasteiger partial charge in [-0.25, -0.2) is 0 Å². The van der Waals surface area contributed by atoms with Crippen LogP contribution in [0, 0.1) is 0 Å². The van der Waals surface area contributed by atoms with Gasteiger partial charge >= 0.3 is 6.01 Å². The van der Waals surface area contributed by atoms with Gasteiger partial charge in [0.2, 0.25) is 11.9 Å². The molecule has 1 saturated carbocycles. The highest BCUT2D eigenvalue weighted by atomic mass is 16.5. The van der Waals surface area contributed by atoms with Crippen LogP contribution in [-0.4, -0.2) is 34.6 Å². The van der Waals surface area contributed by atoms with Gasteiger partial charge in [0.15, 0.2) is 0 Å². The molecule has 6 nitrogen and oxygen atoms in total. The maximum Gasteiger partial charge on any atom is 0.322 e. The normalized spacial score (nSPS) is 16.6. The van der Waals surface area contributed by atoms with Crippen LogP contribution < -0.4 is 15.4 Å². The van der Waals surface area contributed by atoms with Crippen LogP contribution in [0.25, 0.3) is 0 Å². The van der Waals surface area contributed by atoms with Crippen LogP contribution in [0.4, 0.5) is 11.9 Å². The lowest BCUT2D eigenvalue weighted by Crippen LogP contribution is -2.38. The second-order valence-electron chi connectivity index (χ2n) is 4.56. The average molecular weight is 251 g/mol. The summed E-state index contributed by atoms with van der Waals surface area (Å²) in [5.41, 5.74) is 5.69. The molecule has 0 amide bonds. The number of nitrogens with zero attached hydrogens (tertiary/aromatic N) is 4. The quantitative estimate of drug-likeness (QED) is 0.876. The van der Waals surface area contributed by atoms with Crippen LogP contribution in [-0.2, 0) is 0 Å². The highest BCUT2D eigenvalue weighted by Crippen LogP contribution is 2.26. The molecule has 0 saturated heterocycles. The number of hydrogen-bond donors (Lipinski definition) is 1. The van der Waals surface area contributed by atoms with Crippen molar-refractivity contribution < 1.29 is 4.74 Å². The molecule has 1 aromatic heterocycles. The third kappa shape index (κ3) is 2.80. The fourth-order valence-corrected chi connectivity index (χ4v) is 2.54. The van der Waals surface area contributed by atoms with Gasteiger partial charge in [0.25, 0.3) is 0 Å². The molecule has 1 aliphatic carbocycles. The van der Waals surface area contributed by atoms with Crippen LogP contribution in [0.2, 0.25) is 0 Å². The second kappa shape index (κ2) is 5.84. The van der Waals surface area contributed by atoms with Gasteiger partial charge in [-0.2, -0.15) is 15.0 Å². The number of hydrogen-bond acceptors (Lipinski definition) is 6. The molecule has 0 bridgehead atoms. The molecule has 6 heteroatoms. The van der Waals surface area contributed by atoms with Crippen molar-refractivity contribution in [3.05, 3.63) is 0 Å². The predicted octanol–water partition coefficient (Wildman–Crippen LogP) is 1.62. The zero-order chi connectivity index (χ0) is 13.0. The lowest BCUT2D eigenvalue weighted by molar-refractivity contribution is 0.375. The summed E-state index contributed by atoms with van der Waals surface area (Å²) < 4.78 is 5.05. The van der Waals surface area contributed by atoms with Crippen molar-refractivity contribution in [1.29, 1.82) is 0 Å². The van der Waals surface area contributed by atoms with E-state index < -0.39 is 0 Å². The molecule has 1 aromatic rings. The van der Waals surface area contributed by atoms with Gasteiger partial charge in [0.1, 0.15) is 0 Å². The Kier molecular flexibility index (Phi) is 4.17. The Hall–Kier alpha value is -1.59. The van der Waals surface area contributed by atoms with E-state index in [2.05, 4.69) is 26.8 Å². The standard InChI is InChI=1S/C12H21N5O/c1-3-17(9-7-5-4-6-8-9)11-14-10(13)15-12(16-11)18-2/h9H,3-8H2,1-2H3,(H2,13,14,15,16). The molecule has 0 spiro atoms. The second-order valence-corrected chi connectivity index (χ2v) is 4.56. The van der Waals surface area contributed by atoms with Gasteiger partial charge < -0.3 is 15.4 Å². The van der Waals surface area contributed by atoms with Crippen LogP contribution in [0.3, 0.4) is 0 Å². The molecule has 0 unspecified atom stereocenters. The molecule has 0 aromatic carbocycles. The summed E-state index contributed by atoms with van der Waals surface area (Å²) in [4.78, 5) is 14.7. The van der Waals surface area contributed by atoms with Crippen molar-refractivity contribution >= 4 is 11.9 Å². The topological polar surface area (TPSA) is 77.2 Å². The van der Waals surface area contributed by atoms with Gasteiger partial charge in [-0.1, -0.05) is 19.3 Å². The lowest BCUT2D eigenvalue weighted by Gasteiger charge is -2.33. The van der Waals surface area contributed by atoms with E-state index in [-0.39, 0.29) is 12.0 Å². The molecule has 18 heavy (non-hydrogen) atoms. The van der Waals surface area contributed by atoms with Crippen molar-refractivity contribution in [3.8, 4) is 6.01 Å². The highest BCUT2D eigenvalue weighted by molar-refractivity contribution is 5.37. The minimum Gasteiger partial charge on any atom is -0.467 e. The van der Waals surface area contributed by atoms with Gasteiger partial charge in [0, 0.05) is 12.6 Å². The van der Waals surface area contributed by atoms with Crippen LogP contribution in [0.1, 0.15) is 39.0 Å². The lowest BCUT2D eigenvalue weighted by atomic mass is 9.94. The number of rotatable bonds is 4. The Balaban J connectivity index is 2.22. The first-order valence-corrected chi connectivity index (χ1v) is 6.56. The Labute approximate surface area is 108 Å². The van der Waals surface area contributed by atoms with Crippen LogP contribution >= 0.6 is 0 Å². The van der Waals surface area contributed by atoms with Gasteiger partial charge in [0.05, 0.1) is 7.11 Å². The Morgan fingerprint density at radius 1 is 1.22 bits per heavy atom. The Bertz CT molecular complexity index is 392. The summed E-state index contributed by atoms with van der Waals surface area (Å²) in [6, 6.07) is 0.794. The van der Waals surface area contributed by atoms with Crippen molar-refractivity contribution in [2.75, 3.05) is 24.3 Å². The summed E-state index contributed by atoms with van der Waals surface area (Å²) in [6.45, 7) is 2.98. The van der Waals surface area contributed by atoms with E-state index in [9.17, 15) is 0 Å². The SMILES string of the molecule is CCN(c1nc(N)nc(OC)n1)C1CCCCC1. The van der Waals surface area contributed by atoms with Crippen molar-refractivity contribution in [3.63, 3.8) is 0 Å². The van der Waals surface area contributed by atoms with Crippen molar-refractivity contribution in [2.45, 2.75) is 45.1 Å². The van der Waals surface area contributed by atoms with Gasteiger partial charge in [-0.3, -0.25) is 0 Å². The van der Waals surface area contributed by atoms with E-state index in [0.29, 0.717) is 12.0 Å². The summed E-state index contributed by atoms with van der Waals surface area (Å²) in [6.07, 6.45) is 6.28. The van der Waals surface area contributed by atoms with Crippen LogP contribution in [0.15, 0.2) is 0 Å². The maximum atomic E-state index is 5.69. The summed E-state index contributed by atoms with van der Waals surface area (Å²) in [5, 5.41) is 0. The monoisotopic (exact) mass is 251 g/mol. The third-order valence-corrected chi connectivity index (χ3v) is 3.42. The number of nitrogen functional groups attached to an aromatic ring is 1. The minimum atomic E-state index is 0.214. The van der Waals surface area contributed by atoms with E-state index in [0.717, 1.165) is 6.54 Å².